The number of hydrogen-bond acceptors (Lipinski definition) is 5. The summed E-state index contributed by atoms with van der Waals surface area (Å²) in [5.41, 5.74) is -0.983. The minimum absolute atomic E-state index is 0.0850. The zero-order valence-corrected chi connectivity index (χ0v) is 17.1. The van der Waals surface area contributed by atoms with E-state index in [1.165, 1.54) is 0 Å². The van der Waals surface area contributed by atoms with Crippen LogP contribution in [0, 0.1) is 40.4 Å². The number of hydrogen-bond donors (Lipinski definition) is 3. The molecule has 1 saturated heterocycles. The Balaban J connectivity index is 1.46. The molecule has 4 saturated carbocycles. The van der Waals surface area contributed by atoms with Crippen LogP contribution in [0.3, 0.4) is 0 Å². The second kappa shape index (κ2) is 6.42. The Morgan fingerprint density at radius 3 is 2.54 bits per heavy atom. The van der Waals surface area contributed by atoms with Gasteiger partial charge in [0.25, 0.3) is 0 Å². The summed E-state index contributed by atoms with van der Waals surface area (Å²) in [6.45, 7) is 2.97. The van der Waals surface area contributed by atoms with Crippen LogP contribution in [0.4, 0.5) is 0 Å². The molecule has 1 aliphatic heterocycles. The van der Waals surface area contributed by atoms with Gasteiger partial charge in [-0.25, -0.2) is 0 Å². The molecular formula is C23H36O5. The van der Waals surface area contributed by atoms with Gasteiger partial charge in [0.05, 0.1) is 24.7 Å². The van der Waals surface area contributed by atoms with Gasteiger partial charge in [0, 0.05) is 12.5 Å². The molecule has 1 unspecified atom stereocenters. The number of fused-ring (bicyclic) bond motifs is 5. The Bertz CT molecular complexity index is 651. The van der Waals surface area contributed by atoms with Gasteiger partial charge in [0.1, 0.15) is 0 Å². The molecule has 28 heavy (non-hydrogen) atoms. The molecule has 1 heterocycles. The highest BCUT2D eigenvalue weighted by Gasteiger charge is 2.68. The maximum atomic E-state index is 12.2. The summed E-state index contributed by atoms with van der Waals surface area (Å²) in [6, 6.07) is 0. The van der Waals surface area contributed by atoms with Crippen LogP contribution in [-0.2, 0) is 9.53 Å². The molecule has 0 aromatic rings. The molecule has 9 atom stereocenters. The molecular weight excluding hydrogens is 356 g/mol. The third-order valence-corrected chi connectivity index (χ3v) is 10.3. The highest BCUT2D eigenvalue weighted by atomic mass is 16.5. The van der Waals surface area contributed by atoms with E-state index >= 15 is 0 Å². The lowest BCUT2D eigenvalue weighted by atomic mass is 9.42. The largest absolute Gasteiger partial charge is 0.465 e. The highest BCUT2D eigenvalue weighted by Crippen LogP contribution is 2.70. The molecule has 0 aromatic carbocycles. The summed E-state index contributed by atoms with van der Waals surface area (Å²) in [4.78, 5) is 11.7. The molecule has 0 amide bonds. The second-order valence-electron chi connectivity index (χ2n) is 11.0. The fourth-order valence-corrected chi connectivity index (χ4v) is 8.90. The molecule has 5 heteroatoms. The Kier molecular flexibility index (Phi) is 4.43. The van der Waals surface area contributed by atoms with E-state index in [4.69, 9.17) is 4.74 Å². The van der Waals surface area contributed by atoms with Gasteiger partial charge in [-0.1, -0.05) is 6.92 Å². The topological polar surface area (TPSA) is 87.0 Å². The number of aliphatic hydroxyl groups excluding tert-OH is 2. The smallest absolute Gasteiger partial charge is 0.306 e. The monoisotopic (exact) mass is 392 g/mol. The van der Waals surface area contributed by atoms with E-state index in [1.54, 1.807) is 0 Å². The molecule has 0 bridgehead atoms. The van der Waals surface area contributed by atoms with Gasteiger partial charge in [-0.2, -0.15) is 0 Å². The van der Waals surface area contributed by atoms with Crippen LogP contribution in [0.25, 0.3) is 0 Å². The summed E-state index contributed by atoms with van der Waals surface area (Å²) in [6.07, 6.45) is 8.57. The van der Waals surface area contributed by atoms with Crippen molar-refractivity contribution in [1.29, 1.82) is 0 Å². The maximum Gasteiger partial charge on any atom is 0.306 e. The van der Waals surface area contributed by atoms with E-state index in [0.717, 1.165) is 57.8 Å². The van der Waals surface area contributed by atoms with Crippen LogP contribution < -0.4 is 0 Å². The summed E-state index contributed by atoms with van der Waals surface area (Å²) in [5, 5.41) is 32.9. The summed E-state index contributed by atoms with van der Waals surface area (Å²) < 4.78 is 5.28. The average Bonchev–Trinajstić information content (AvgIpc) is 3.22. The standard InChI is InChI=1S/C23H36O5/c1-21-7-5-18-19(3-2-15-11-16(25)4-8-22(15,18)13-24)23(21,27)9-6-17(21)14-10-20(26)28-12-14/h14-19,24-25,27H,2-13H2,1H3/t14?,15-,16+,17-,18+,19-,21-,22-,23+/m1/s1. The lowest BCUT2D eigenvalue weighted by Crippen LogP contribution is -2.64. The lowest BCUT2D eigenvalue weighted by Gasteiger charge is -2.64. The van der Waals surface area contributed by atoms with Crippen molar-refractivity contribution in [2.24, 2.45) is 40.4 Å². The molecule has 5 aliphatic rings. The summed E-state index contributed by atoms with van der Waals surface area (Å²) >= 11 is 0. The number of cyclic esters (lactones) is 1. The number of aliphatic hydroxyl groups is 3. The van der Waals surface area contributed by atoms with E-state index in [1.807, 2.05) is 0 Å². The van der Waals surface area contributed by atoms with Crippen LogP contribution in [-0.4, -0.2) is 46.2 Å². The van der Waals surface area contributed by atoms with Crippen molar-refractivity contribution < 1.29 is 24.9 Å². The SMILES string of the molecule is C[C@]12CC[C@H]3[C@@H](CC[C@@H]4C[C@@H](O)CC[C@@]43CO)[C@@]1(O)CC[C@@H]2C1COC(=O)C1. The summed E-state index contributed by atoms with van der Waals surface area (Å²) in [7, 11) is 0. The van der Waals surface area contributed by atoms with Crippen LogP contribution in [0.1, 0.15) is 71.1 Å². The van der Waals surface area contributed by atoms with Gasteiger partial charge in [0.15, 0.2) is 0 Å². The van der Waals surface area contributed by atoms with Gasteiger partial charge >= 0.3 is 5.97 Å². The van der Waals surface area contributed by atoms with Crippen LogP contribution >= 0.6 is 0 Å². The fraction of sp³-hybridized carbons (Fsp3) is 0.957. The third-order valence-electron chi connectivity index (χ3n) is 10.3. The minimum atomic E-state index is -0.699. The predicted octanol–water partition coefficient (Wildman–Crippen LogP) is 2.66. The van der Waals surface area contributed by atoms with Crippen molar-refractivity contribution in [3.63, 3.8) is 0 Å². The highest BCUT2D eigenvalue weighted by molar-refractivity contribution is 5.71. The Labute approximate surface area is 167 Å². The number of esters is 1. The van der Waals surface area contributed by atoms with Gasteiger partial charge in [0.2, 0.25) is 0 Å². The quantitative estimate of drug-likeness (QED) is 0.629. The predicted molar refractivity (Wildman–Crippen MR) is 103 cm³/mol. The molecule has 0 aromatic heterocycles. The Morgan fingerprint density at radius 2 is 1.82 bits per heavy atom. The van der Waals surface area contributed by atoms with Crippen molar-refractivity contribution in [1.82, 2.24) is 0 Å². The number of ether oxygens (including phenoxy) is 1. The van der Waals surface area contributed by atoms with Crippen molar-refractivity contribution >= 4 is 5.97 Å². The zero-order valence-electron chi connectivity index (χ0n) is 17.1. The molecule has 3 N–H and O–H groups in total. The van der Waals surface area contributed by atoms with E-state index in [9.17, 15) is 20.1 Å². The minimum Gasteiger partial charge on any atom is -0.465 e. The number of carbonyl (C=O) groups is 1. The second-order valence-corrected chi connectivity index (χ2v) is 11.0. The molecule has 0 radical (unpaired) electrons. The van der Waals surface area contributed by atoms with Crippen molar-refractivity contribution in [3.05, 3.63) is 0 Å². The lowest BCUT2D eigenvalue weighted by molar-refractivity contribution is -0.223. The van der Waals surface area contributed by atoms with Gasteiger partial charge in [-0.3, -0.25) is 4.79 Å². The zero-order chi connectivity index (χ0) is 19.7. The van der Waals surface area contributed by atoms with Gasteiger partial charge in [-0.15, -0.1) is 0 Å². The first-order chi connectivity index (χ1) is 13.3. The van der Waals surface area contributed by atoms with Gasteiger partial charge < -0.3 is 20.1 Å². The van der Waals surface area contributed by atoms with Gasteiger partial charge in [-0.05, 0) is 92.3 Å². The first-order valence-electron chi connectivity index (χ1n) is 11.5. The van der Waals surface area contributed by atoms with Crippen LogP contribution in [0.15, 0.2) is 0 Å². The van der Waals surface area contributed by atoms with E-state index < -0.39 is 5.60 Å². The number of rotatable bonds is 2. The number of carbonyl (C=O) groups excluding carboxylic acids is 1. The van der Waals surface area contributed by atoms with E-state index in [0.29, 0.717) is 30.8 Å². The average molecular weight is 393 g/mol. The summed E-state index contributed by atoms with van der Waals surface area (Å²) in [5.74, 6) is 1.47. The Morgan fingerprint density at radius 1 is 1.04 bits per heavy atom. The molecule has 4 aliphatic carbocycles. The van der Waals surface area contributed by atoms with E-state index in [-0.39, 0.29) is 41.3 Å². The van der Waals surface area contributed by atoms with Crippen LogP contribution in [0.5, 0.6) is 0 Å². The van der Waals surface area contributed by atoms with E-state index in [2.05, 4.69) is 6.92 Å². The van der Waals surface area contributed by atoms with Crippen molar-refractivity contribution in [2.75, 3.05) is 13.2 Å². The molecule has 5 fully saturated rings. The molecule has 5 rings (SSSR count). The maximum absolute atomic E-state index is 12.2. The normalized spacial score (nSPS) is 55.9. The van der Waals surface area contributed by atoms with Crippen LogP contribution in [0.2, 0.25) is 0 Å². The molecule has 5 nitrogen and oxygen atoms in total. The van der Waals surface area contributed by atoms with Crippen molar-refractivity contribution in [2.45, 2.75) is 82.8 Å². The first-order valence-corrected chi connectivity index (χ1v) is 11.5. The molecule has 158 valence electrons. The fourth-order valence-electron chi connectivity index (χ4n) is 8.90. The Hall–Kier alpha value is -0.650. The third kappa shape index (κ3) is 2.39. The molecule has 0 spiro atoms. The first kappa shape index (κ1) is 19.3. The van der Waals surface area contributed by atoms with Crippen molar-refractivity contribution in [3.8, 4) is 0 Å².